The first-order valence-corrected chi connectivity index (χ1v) is 11.4. The number of hydrogen-bond acceptors (Lipinski definition) is 4. The number of nitrogens with zero attached hydrogens (tertiary/aromatic N) is 1. The summed E-state index contributed by atoms with van der Waals surface area (Å²) in [5, 5.41) is 0. The fraction of sp³-hybridized carbons (Fsp3) is 0.360. The average Bonchev–Trinajstić information content (AvgIpc) is 2.73. The first-order chi connectivity index (χ1) is 14.3. The van der Waals surface area contributed by atoms with Crippen LogP contribution in [0.2, 0.25) is 0 Å². The van der Waals surface area contributed by atoms with E-state index in [9.17, 15) is 9.59 Å². The second-order valence-electron chi connectivity index (χ2n) is 8.23. The molecule has 2 aromatic carbocycles. The maximum atomic E-state index is 13.1. The van der Waals surface area contributed by atoms with Crippen LogP contribution in [0.1, 0.15) is 31.9 Å². The average molecular weight is 426 g/mol. The Labute approximate surface area is 184 Å². The summed E-state index contributed by atoms with van der Waals surface area (Å²) in [5.74, 6) is 0.278. The first-order valence-electron chi connectivity index (χ1n) is 10.0. The lowest BCUT2D eigenvalue weighted by molar-refractivity contribution is -0.119. The van der Waals surface area contributed by atoms with Crippen molar-refractivity contribution in [3.63, 3.8) is 0 Å². The zero-order valence-electron chi connectivity index (χ0n) is 18.2. The molecule has 2 rings (SSSR count). The Balaban J connectivity index is 2.24. The highest BCUT2D eigenvalue weighted by Crippen LogP contribution is 2.19. The largest absolute Gasteiger partial charge is 0.445 e. The molecule has 0 radical (unpaired) electrons. The van der Waals surface area contributed by atoms with Crippen molar-refractivity contribution in [2.75, 3.05) is 12.1 Å². The van der Waals surface area contributed by atoms with Crippen molar-refractivity contribution >= 4 is 23.6 Å². The van der Waals surface area contributed by atoms with E-state index in [0.29, 0.717) is 12.3 Å². The third-order valence-electron chi connectivity index (χ3n) is 4.43. The van der Waals surface area contributed by atoms with E-state index in [1.165, 1.54) is 16.7 Å². The topological polar surface area (TPSA) is 46.6 Å². The highest BCUT2D eigenvalue weighted by Gasteiger charge is 2.30. The Kier molecular flexibility index (Phi) is 9.18. The van der Waals surface area contributed by atoms with Gasteiger partial charge in [0.2, 0.25) is 0 Å². The molecule has 1 atom stereocenters. The van der Waals surface area contributed by atoms with Gasteiger partial charge in [-0.2, -0.15) is 0 Å². The number of benzene rings is 2. The minimum absolute atomic E-state index is 0.0977. The molecule has 0 aromatic heterocycles. The van der Waals surface area contributed by atoms with Crippen molar-refractivity contribution in [3.05, 3.63) is 83.9 Å². The van der Waals surface area contributed by atoms with Crippen LogP contribution in [0.4, 0.5) is 4.79 Å². The van der Waals surface area contributed by atoms with E-state index in [1.807, 2.05) is 93.8 Å². The standard InChI is InChI=1S/C25H31NO3S/c1-25(2,3)16-15-23(27)22(17-20-11-7-5-8-12-20)26(19-30-4)24(28)29-18-21-13-9-6-10-14-21/h5-16,22H,17-19H2,1-4H3/b16-15+/t22-/m0/s1. The van der Waals surface area contributed by atoms with Gasteiger partial charge < -0.3 is 4.74 Å². The van der Waals surface area contributed by atoms with Crippen molar-refractivity contribution in [1.29, 1.82) is 0 Å². The Bertz CT molecular complexity index is 828. The number of carbonyl (C=O) groups is 2. The van der Waals surface area contributed by atoms with Crippen LogP contribution in [-0.2, 0) is 22.6 Å². The van der Waals surface area contributed by atoms with Crippen molar-refractivity contribution in [1.82, 2.24) is 4.90 Å². The number of rotatable bonds is 9. The fourth-order valence-corrected chi connectivity index (χ4v) is 3.42. The number of ether oxygens (including phenoxy) is 1. The van der Waals surface area contributed by atoms with Crippen LogP contribution in [0.25, 0.3) is 0 Å². The summed E-state index contributed by atoms with van der Waals surface area (Å²) in [6, 6.07) is 18.7. The smallest absolute Gasteiger partial charge is 0.411 e. The molecule has 0 heterocycles. The summed E-state index contributed by atoms with van der Waals surface area (Å²) in [7, 11) is 0. The van der Waals surface area contributed by atoms with Crippen LogP contribution in [0.15, 0.2) is 72.8 Å². The molecule has 0 spiro atoms. The summed E-state index contributed by atoms with van der Waals surface area (Å²) >= 11 is 1.49. The third kappa shape index (κ3) is 8.07. The summed E-state index contributed by atoms with van der Waals surface area (Å²) in [6.45, 7) is 6.29. The fourth-order valence-electron chi connectivity index (χ4n) is 2.86. The summed E-state index contributed by atoms with van der Waals surface area (Å²) in [4.78, 5) is 27.6. The van der Waals surface area contributed by atoms with Crippen molar-refractivity contribution < 1.29 is 14.3 Å². The monoisotopic (exact) mass is 425 g/mol. The molecule has 0 saturated carbocycles. The van der Waals surface area contributed by atoms with Crippen molar-refractivity contribution in [2.24, 2.45) is 5.41 Å². The lowest BCUT2D eigenvalue weighted by atomic mass is 9.94. The molecule has 160 valence electrons. The van der Waals surface area contributed by atoms with E-state index >= 15 is 0 Å². The number of thioether (sulfide) groups is 1. The number of amides is 1. The molecule has 0 saturated heterocycles. The Morgan fingerprint density at radius 2 is 1.57 bits per heavy atom. The SMILES string of the molecule is CSCN(C(=O)OCc1ccccc1)[C@@H](Cc1ccccc1)C(=O)/C=C/C(C)(C)C. The van der Waals surface area contributed by atoms with Crippen LogP contribution in [0, 0.1) is 5.41 Å². The van der Waals surface area contributed by atoms with Gasteiger partial charge in [0.05, 0.1) is 5.88 Å². The first kappa shape index (κ1) is 23.7. The van der Waals surface area contributed by atoms with Gasteiger partial charge >= 0.3 is 6.09 Å². The van der Waals surface area contributed by atoms with E-state index < -0.39 is 12.1 Å². The molecule has 0 aliphatic heterocycles. The minimum Gasteiger partial charge on any atom is -0.445 e. The molecule has 5 heteroatoms. The lowest BCUT2D eigenvalue weighted by Gasteiger charge is -2.29. The van der Waals surface area contributed by atoms with Gasteiger partial charge in [-0.25, -0.2) is 4.79 Å². The van der Waals surface area contributed by atoms with E-state index in [4.69, 9.17) is 4.74 Å². The molecule has 0 fully saturated rings. The van der Waals surface area contributed by atoms with E-state index in [1.54, 1.807) is 6.08 Å². The van der Waals surface area contributed by atoms with Crippen molar-refractivity contribution in [2.45, 2.75) is 39.8 Å². The van der Waals surface area contributed by atoms with E-state index in [-0.39, 0.29) is 17.8 Å². The molecule has 0 aliphatic rings. The summed E-state index contributed by atoms with van der Waals surface area (Å²) in [6.07, 6.45) is 5.36. The summed E-state index contributed by atoms with van der Waals surface area (Å²) in [5.41, 5.74) is 1.79. The van der Waals surface area contributed by atoms with Gasteiger partial charge in [-0.1, -0.05) is 87.5 Å². The van der Waals surface area contributed by atoms with E-state index in [0.717, 1.165) is 11.1 Å². The van der Waals surface area contributed by atoms with Gasteiger partial charge in [0.15, 0.2) is 5.78 Å². The minimum atomic E-state index is -0.623. The maximum absolute atomic E-state index is 13.1. The highest BCUT2D eigenvalue weighted by molar-refractivity contribution is 7.98. The number of carbonyl (C=O) groups excluding carboxylic acids is 2. The molecular formula is C25H31NO3S. The Morgan fingerprint density at radius 3 is 2.10 bits per heavy atom. The number of hydrogen-bond donors (Lipinski definition) is 0. The second-order valence-corrected chi connectivity index (χ2v) is 9.07. The Morgan fingerprint density at radius 1 is 1.00 bits per heavy atom. The highest BCUT2D eigenvalue weighted by atomic mass is 32.2. The van der Waals surface area contributed by atoms with Crippen LogP contribution in [0.5, 0.6) is 0 Å². The van der Waals surface area contributed by atoms with Gasteiger partial charge in [-0.15, -0.1) is 11.8 Å². The molecule has 0 bridgehead atoms. The van der Waals surface area contributed by atoms with Gasteiger partial charge in [-0.05, 0) is 28.9 Å². The molecule has 4 nitrogen and oxygen atoms in total. The van der Waals surface area contributed by atoms with Gasteiger partial charge in [0.1, 0.15) is 12.6 Å². The van der Waals surface area contributed by atoms with Gasteiger partial charge in [0, 0.05) is 6.42 Å². The van der Waals surface area contributed by atoms with Gasteiger partial charge in [0.25, 0.3) is 0 Å². The van der Waals surface area contributed by atoms with Crippen molar-refractivity contribution in [3.8, 4) is 0 Å². The maximum Gasteiger partial charge on any atom is 0.411 e. The van der Waals surface area contributed by atoms with Crippen LogP contribution < -0.4 is 0 Å². The molecule has 0 unspecified atom stereocenters. The van der Waals surface area contributed by atoms with Crippen LogP contribution in [0.3, 0.4) is 0 Å². The normalized spacial score (nSPS) is 12.5. The molecule has 0 aliphatic carbocycles. The van der Waals surface area contributed by atoms with Crippen LogP contribution in [-0.4, -0.2) is 35.0 Å². The second kappa shape index (κ2) is 11.6. The summed E-state index contributed by atoms with van der Waals surface area (Å²) < 4.78 is 5.55. The van der Waals surface area contributed by atoms with Crippen LogP contribution >= 0.6 is 11.8 Å². The molecule has 1 amide bonds. The third-order valence-corrected chi connectivity index (χ3v) is 4.97. The quantitative estimate of drug-likeness (QED) is 0.380. The zero-order valence-corrected chi connectivity index (χ0v) is 19.0. The molecule has 30 heavy (non-hydrogen) atoms. The zero-order chi connectivity index (χ0) is 22.0. The molecule has 0 N–H and O–H groups in total. The Hall–Kier alpha value is -2.53. The lowest BCUT2D eigenvalue weighted by Crippen LogP contribution is -2.46. The molecular weight excluding hydrogens is 394 g/mol. The number of allylic oxidation sites excluding steroid dienone is 1. The predicted molar refractivity (Wildman–Crippen MR) is 124 cm³/mol. The van der Waals surface area contributed by atoms with E-state index in [2.05, 4.69) is 0 Å². The van der Waals surface area contributed by atoms with Gasteiger partial charge in [-0.3, -0.25) is 9.69 Å². The number of ketones is 1. The predicted octanol–water partition coefficient (Wildman–Crippen LogP) is 5.73. The molecule has 2 aromatic rings.